The fraction of sp³-hybridized carbons (Fsp3) is 0.462. The van der Waals surface area contributed by atoms with Crippen LogP contribution in [0.25, 0.3) is 0 Å². The Kier molecular flexibility index (Phi) is 4.53. The number of hydrogen-bond donors (Lipinski definition) is 1. The van der Waals surface area contributed by atoms with E-state index in [9.17, 15) is 8.42 Å². The molecule has 1 atom stereocenters. The van der Waals surface area contributed by atoms with E-state index in [-0.39, 0.29) is 18.4 Å². The molecule has 0 spiro atoms. The van der Waals surface area contributed by atoms with E-state index in [2.05, 4.69) is 4.72 Å². The second kappa shape index (κ2) is 6.15. The van der Waals surface area contributed by atoms with Crippen LogP contribution in [0.3, 0.4) is 0 Å². The molecule has 1 aromatic rings. The summed E-state index contributed by atoms with van der Waals surface area (Å²) in [7, 11) is -3.32. The Labute approximate surface area is 113 Å². The molecule has 0 aromatic heterocycles. The predicted molar refractivity (Wildman–Crippen MR) is 70.8 cm³/mol. The first-order chi connectivity index (χ1) is 9.09. The van der Waals surface area contributed by atoms with Crippen LogP contribution in [0.1, 0.15) is 24.0 Å². The highest BCUT2D eigenvalue weighted by molar-refractivity contribution is 7.89. The molecule has 0 saturated carbocycles. The smallest absolute Gasteiger partial charge is 0.214 e. The molecule has 1 saturated heterocycles. The third-order valence-corrected chi connectivity index (χ3v) is 4.40. The lowest BCUT2D eigenvalue weighted by Crippen LogP contribution is -2.31. The Bertz CT molecular complexity index is 555. The van der Waals surface area contributed by atoms with Crippen molar-refractivity contribution in [2.75, 3.05) is 12.4 Å². The standard InChI is InChI=1S/C13H16N2O3S/c14-8-11-3-5-12(6-4-11)9-15-19(16,17)10-13-2-1-7-18-13/h3-6,13,15H,1-2,7,9-10H2. The Hall–Kier alpha value is -1.42. The second-order valence-electron chi connectivity index (χ2n) is 4.55. The molecule has 1 unspecified atom stereocenters. The van der Waals surface area contributed by atoms with Gasteiger partial charge in [-0.05, 0) is 30.5 Å². The van der Waals surface area contributed by atoms with Crippen LogP contribution in [0, 0.1) is 11.3 Å². The van der Waals surface area contributed by atoms with Crippen LogP contribution in [0.4, 0.5) is 0 Å². The SMILES string of the molecule is N#Cc1ccc(CNS(=O)(=O)CC2CCCO2)cc1. The van der Waals surface area contributed by atoms with Crippen molar-refractivity contribution in [3.8, 4) is 6.07 Å². The van der Waals surface area contributed by atoms with Gasteiger partial charge in [0.1, 0.15) is 0 Å². The molecule has 6 heteroatoms. The maximum Gasteiger partial charge on any atom is 0.214 e. The molecule has 1 fully saturated rings. The Morgan fingerprint density at radius 3 is 2.68 bits per heavy atom. The summed E-state index contributed by atoms with van der Waals surface area (Å²) in [6.45, 7) is 0.885. The van der Waals surface area contributed by atoms with Gasteiger partial charge in [0.15, 0.2) is 0 Å². The van der Waals surface area contributed by atoms with Crippen LogP contribution in [-0.4, -0.2) is 26.9 Å². The minimum Gasteiger partial charge on any atom is -0.377 e. The van der Waals surface area contributed by atoms with Crippen molar-refractivity contribution < 1.29 is 13.2 Å². The van der Waals surface area contributed by atoms with Crippen LogP contribution in [0.5, 0.6) is 0 Å². The van der Waals surface area contributed by atoms with Gasteiger partial charge in [-0.1, -0.05) is 12.1 Å². The highest BCUT2D eigenvalue weighted by atomic mass is 32.2. The van der Waals surface area contributed by atoms with Gasteiger partial charge in [0.2, 0.25) is 10.0 Å². The van der Waals surface area contributed by atoms with Crippen LogP contribution in [-0.2, 0) is 21.3 Å². The van der Waals surface area contributed by atoms with Gasteiger partial charge in [-0.15, -0.1) is 0 Å². The van der Waals surface area contributed by atoms with Crippen LogP contribution < -0.4 is 4.72 Å². The fourth-order valence-corrected chi connectivity index (χ4v) is 3.23. The fourth-order valence-electron chi connectivity index (χ4n) is 1.97. The Morgan fingerprint density at radius 2 is 2.11 bits per heavy atom. The van der Waals surface area contributed by atoms with E-state index in [0.717, 1.165) is 18.4 Å². The molecule has 102 valence electrons. The molecule has 0 bridgehead atoms. The van der Waals surface area contributed by atoms with Gasteiger partial charge in [0.05, 0.1) is 23.5 Å². The molecule has 2 rings (SSSR count). The zero-order valence-corrected chi connectivity index (χ0v) is 11.3. The molecule has 1 aliphatic rings. The van der Waals surface area contributed by atoms with Crippen molar-refractivity contribution in [1.29, 1.82) is 5.26 Å². The largest absolute Gasteiger partial charge is 0.377 e. The average molecular weight is 280 g/mol. The number of ether oxygens (including phenoxy) is 1. The van der Waals surface area contributed by atoms with Gasteiger partial charge in [0, 0.05) is 13.2 Å². The van der Waals surface area contributed by atoms with Crippen molar-refractivity contribution in [3.05, 3.63) is 35.4 Å². The summed E-state index contributed by atoms with van der Waals surface area (Å²) in [5, 5.41) is 8.67. The predicted octanol–water partition coefficient (Wildman–Crippen LogP) is 1.16. The summed E-state index contributed by atoms with van der Waals surface area (Å²) in [4.78, 5) is 0. The first-order valence-electron chi connectivity index (χ1n) is 6.17. The maximum atomic E-state index is 11.8. The number of nitrogens with one attached hydrogen (secondary N) is 1. The minimum absolute atomic E-state index is 0.0171. The Morgan fingerprint density at radius 1 is 1.37 bits per heavy atom. The normalized spacial score (nSPS) is 19.2. The number of sulfonamides is 1. The lowest BCUT2D eigenvalue weighted by atomic mass is 10.1. The second-order valence-corrected chi connectivity index (χ2v) is 6.40. The molecule has 1 heterocycles. The number of nitrogens with zero attached hydrogens (tertiary/aromatic N) is 1. The molecule has 1 N–H and O–H groups in total. The zero-order chi connectivity index (χ0) is 13.7. The van der Waals surface area contributed by atoms with Crippen molar-refractivity contribution in [1.82, 2.24) is 4.72 Å². The first kappa shape index (κ1) is 14.0. The zero-order valence-electron chi connectivity index (χ0n) is 10.5. The highest BCUT2D eigenvalue weighted by Gasteiger charge is 2.22. The van der Waals surface area contributed by atoms with Gasteiger partial charge in [-0.2, -0.15) is 5.26 Å². The third kappa shape index (κ3) is 4.31. The summed E-state index contributed by atoms with van der Waals surface area (Å²) < 4.78 is 31.5. The molecular formula is C13H16N2O3S. The molecule has 0 aliphatic carbocycles. The van der Waals surface area contributed by atoms with E-state index in [1.807, 2.05) is 6.07 Å². The number of nitriles is 1. The molecule has 1 aromatic carbocycles. The number of rotatable bonds is 5. The first-order valence-corrected chi connectivity index (χ1v) is 7.82. The third-order valence-electron chi connectivity index (χ3n) is 3.01. The van der Waals surface area contributed by atoms with Crippen molar-refractivity contribution in [2.24, 2.45) is 0 Å². The molecular weight excluding hydrogens is 264 g/mol. The van der Waals surface area contributed by atoms with Crippen molar-refractivity contribution >= 4 is 10.0 Å². The average Bonchev–Trinajstić information content (AvgIpc) is 2.89. The minimum atomic E-state index is -3.32. The van der Waals surface area contributed by atoms with Gasteiger partial charge < -0.3 is 4.74 Å². The van der Waals surface area contributed by atoms with Crippen LogP contribution in [0.15, 0.2) is 24.3 Å². The Balaban J connectivity index is 1.87. The number of benzene rings is 1. The molecule has 0 amide bonds. The van der Waals surface area contributed by atoms with Crippen molar-refractivity contribution in [2.45, 2.75) is 25.5 Å². The van der Waals surface area contributed by atoms with Gasteiger partial charge in [-0.25, -0.2) is 13.1 Å². The van der Waals surface area contributed by atoms with E-state index in [4.69, 9.17) is 10.00 Å². The lowest BCUT2D eigenvalue weighted by molar-refractivity contribution is 0.127. The molecule has 0 radical (unpaired) electrons. The monoisotopic (exact) mass is 280 g/mol. The summed E-state index contributed by atoms with van der Waals surface area (Å²) in [6, 6.07) is 8.85. The van der Waals surface area contributed by atoms with E-state index in [1.54, 1.807) is 24.3 Å². The highest BCUT2D eigenvalue weighted by Crippen LogP contribution is 2.13. The maximum absolute atomic E-state index is 11.8. The van der Waals surface area contributed by atoms with E-state index in [0.29, 0.717) is 12.2 Å². The van der Waals surface area contributed by atoms with E-state index in [1.165, 1.54) is 0 Å². The van der Waals surface area contributed by atoms with E-state index >= 15 is 0 Å². The van der Waals surface area contributed by atoms with E-state index < -0.39 is 10.0 Å². The summed E-state index contributed by atoms with van der Waals surface area (Å²) >= 11 is 0. The summed E-state index contributed by atoms with van der Waals surface area (Å²) in [5.74, 6) is 0.0171. The van der Waals surface area contributed by atoms with Gasteiger partial charge in [-0.3, -0.25) is 0 Å². The summed E-state index contributed by atoms with van der Waals surface area (Å²) in [5.41, 5.74) is 1.39. The van der Waals surface area contributed by atoms with Crippen molar-refractivity contribution in [3.63, 3.8) is 0 Å². The quantitative estimate of drug-likeness (QED) is 0.877. The number of hydrogen-bond acceptors (Lipinski definition) is 4. The summed E-state index contributed by atoms with van der Waals surface area (Å²) in [6.07, 6.45) is 1.55. The lowest BCUT2D eigenvalue weighted by Gasteiger charge is -2.11. The van der Waals surface area contributed by atoms with Gasteiger partial charge >= 0.3 is 0 Å². The molecule has 19 heavy (non-hydrogen) atoms. The van der Waals surface area contributed by atoms with Crippen LogP contribution in [0.2, 0.25) is 0 Å². The van der Waals surface area contributed by atoms with Gasteiger partial charge in [0.25, 0.3) is 0 Å². The molecule has 1 aliphatic heterocycles. The topological polar surface area (TPSA) is 79.2 Å². The molecule has 5 nitrogen and oxygen atoms in total. The van der Waals surface area contributed by atoms with Crippen LogP contribution >= 0.6 is 0 Å².